The molecule has 0 atom stereocenters. The molecule has 2 N–H and O–H groups in total. The van der Waals surface area contributed by atoms with Gasteiger partial charge in [0.25, 0.3) is 0 Å². The van der Waals surface area contributed by atoms with Gasteiger partial charge < -0.3 is 10.4 Å². The third-order valence-electron chi connectivity index (χ3n) is 3.15. The minimum absolute atomic E-state index is 0.422. The number of aromatic carboxylic acids is 1. The van der Waals surface area contributed by atoms with Gasteiger partial charge >= 0.3 is 5.97 Å². The van der Waals surface area contributed by atoms with Gasteiger partial charge in [-0.15, -0.1) is 0 Å². The van der Waals surface area contributed by atoms with E-state index in [0.29, 0.717) is 5.56 Å². The number of benzene rings is 1. The minimum atomic E-state index is -0.840. The Morgan fingerprint density at radius 2 is 2.29 bits per heavy atom. The number of nitrogens with one attached hydrogen (secondary N) is 1. The van der Waals surface area contributed by atoms with Crippen molar-refractivity contribution in [2.24, 2.45) is 0 Å². The zero-order valence-electron chi connectivity index (χ0n) is 9.99. The van der Waals surface area contributed by atoms with Crippen molar-refractivity contribution in [3.05, 3.63) is 41.0 Å². The molecule has 0 aromatic heterocycles. The number of carboxylic acids is 1. The predicted molar refractivity (Wildman–Crippen MR) is 68.2 cm³/mol. The Bertz CT molecular complexity index is 463. The number of carbonyl (C=O) groups is 1. The molecule has 0 saturated carbocycles. The SMILES string of the molecule is CCc1cc(C2=CCNCC2)ccc1C(=O)O. The summed E-state index contributed by atoms with van der Waals surface area (Å²) in [7, 11) is 0. The first-order valence-corrected chi connectivity index (χ1v) is 5.98. The maximum absolute atomic E-state index is 11.0. The quantitative estimate of drug-likeness (QED) is 0.839. The van der Waals surface area contributed by atoms with Crippen molar-refractivity contribution < 1.29 is 9.90 Å². The minimum Gasteiger partial charge on any atom is -0.478 e. The van der Waals surface area contributed by atoms with E-state index in [2.05, 4.69) is 11.4 Å². The fourth-order valence-electron chi connectivity index (χ4n) is 2.18. The highest BCUT2D eigenvalue weighted by Gasteiger charge is 2.12. The zero-order chi connectivity index (χ0) is 12.3. The van der Waals surface area contributed by atoms with Crippen LogP contribution in [0.4, 0.5) is 0 Å². The van der Waals surface area contributed by atoms with Gasteiger partial charge in [-0.25, -0.2) is 4.79 Å². The highest BCUT2D eigenvalue weighted by atomic mass is 16.4. The lowest BCUT2D eigenvalue weighted by Crippen LogP contribution is -2.20. The molecule has 90 valence electrons. The summed E-state index contributed by atoms with van der Waals surface area (Å²) in [5, 5.41) is 12.3. The molecule has 3 nitrogen and oxygen atoms in total. The van der Waals surface area contributed by atoms with Crippen molar-refractivity contribution in [3.8, 4) is 0 Å². The monoisotopic (exact) mass is 231 g/mol. The molecule has 0 spiro atoms. The van der Waals surface area contributed by atoms with Crippen LogP contribution in [0.2, 0.25) is 0 Å². The molecule has 1 aliphatic heterocycles. The topological polar surface area (TPSA) is 49.3 Å². The van der Waals surface area contributed by atoms with E-state index in [1.54, 1.807) is 6.07 Å². The fraction of sp³-hybridized carbons (Fsp3) is 0.357. The highest BCUT2D eigenvalue weighted by Crippen LogP contribution is 2.23. The van der Waals surface area contributed by atoms with Crippen LogP contribution in [0.15, 0.2) is 24.3 Å². The van der Waals surface area contributed by atoms with E-state index in [1.807, 2.05) is 19.1 Å². The van der Waals surface area contributed by atoms with Gasteiger partial charge in [-0.05, 0) is 42.2 Å². The van der Waals surface area contributed by atoms with Crippen LogP contribution < -0.4 is 5.32 Å². The molecule has 1 heterocycles. The van der Waals surface area contributed by atoms with Gasteiger partial charge in [0.2, 0.25) is 0 Å². The molecule has 0 fully saturated rings. The van der Waals surface area contributed by atoms with Gasteiger partial charge in [0.15, 0.2) is 0 Å². The number of carboxylic acid groups (broad SMARTS) is 1. The summed E-state index contributed by atoms with van der Waals surface area (Å²) in [6.45, 7) is 3.88. The Morgan fingerprint density at radius 3 is 2.88 bits per heavy atom. The lowest BCUT2D eigenvalue weighted by Gasteiger charge is -2.15. The lowest BCUT2D eigenvalue weighted by atomic mass is 9.95. The van der Waals surface area contributed by atoms with E-state index in [-0.39, 0.29) is 0 Å². The van der Waals surface area contributed by atoms with E-state index in [9.17, 15) is 4.79 Å². The Kier molecular flexibility index (Phi) is 3.59. The molecule has 0 saturated heterocycles. The van der Waals surface area contributed by atoms with E-state index < -0.39 is 5.97 Å². The van der Waals surface area contributed by atoms with Gasteiger partial charge in [0.1, 0.15) is 0 Å². The molecule has 0 radical (unpaired) electrons. The van der Waals surface area contributed by atoms with Crippen molar-refractivity contribution >= 4 is 11.5 Å². The van der Waals surface area contributed by atoms with Crippen LogP contribution in [0.1, 0.15) is 34.8 Å². The van der Waals surface area contributed by atoms with Crippen LogP contribution in [-0.4, -0.2) is 24.2 Å². The first kappa shape index (κ1) is 11.9. The van der Waals surface area contributed by atoms with Crippen LogP contribution in [0.25, 0.3) is 5.57 Å². The van der Waals surface area contributed by atoms with Crippen LogP contribution in [-0.2, 0) is 6.42 Å². The van der Waals surface area contributed by atoms with Crippen LogP contribution in [0, 0.1) is 0 Å². The Hall–Kier alpha value is -1.61. The average Bonchev–Trinajstić information content (AvgIpc) is 2.39. The molecule has 0 amide bonds. The van der Waals surface area contributed by atoms with E-state index in [1.165, 1.54) is 5.57 Å². The van der Waals surface area contributed by atoms with Crippen LogP contribution in [0.3, 0.4) is 0 Å². The third kappa shape index (κ3) is 2.56. The second kappa shape index (κ2) is 5.15. The normalized spacial score (nSPS) is 15.5. The van der Waals surface area contributed by atoms with Crippen LogP contribution >= 0.6 is 0 Å². The molecule has 0 bridgehead atoms. The Labute approximate surface area is 101 Å². The van der Waals surface area contributed by atoms with E-state index in [0.717, 1.165) is 37.1 Å². The molecule has 3 heteroatoms. The van der Waals surface area contributed by atoms with E-state index in [4.69, 9.17) is 5.11 Å². The average molecular weight is 231 g/mol. The second-order valence-electron chi connectivity index (χ2n) is 4.21. The summed E-state index contributed by atoms with van der Waals surface area (Å²) in [4.78, 5) is 11.0. The Morgan fingerprint density at radius 1 is 1.47 bits per heavy atom. The lowest BCUT2D eigenvalue weighted by molar-refractivity contribution is 0.0695. The van der Waals surface area contributed by atoms with Crippen molar-refractivity contribution in [2.75, 3.05) is 13.1 Å². The molecule has 2 rings (SSSR count). The van der Waals surface area contributed by atoms with Crippen molar-refractivity contribution in [2.45, 2.75) is 19.8 Å². The molecule has 1 aliphatic rings. The smallest absolute Gasteiger partial charge is 0.335 e. The van der Waals surface area contributed by atoms with Crippen LogP contribution in [0.5, 0.6) is 0 Å². The number of rotatable bonds is 3. The van der Waals surface area contributed by atoms with Gasteiger partial charge in [-0.3, -0.25) is 0 Å². The summed E-state index contributed by atoms with van der Waals surface area (Å²) < 4.78 is 0. The van der Waals surface area contributed by atoms with Gasteiger partial charge in [-0.1, -0.05) is 25.1 Å². The molecule has 0 aliphatic carbocycles. The van der Waals surface area contributed by atoms with Gasteiger partial charge in [0, 0.05) is 6.54 Å². The molecular weight excluding hydrogens is 214 g/mol. The van der Waals surface area contributed by atoms with Crippen molar-refractivity contribution in [1.82, 2.24) is 5.32 Å². The first-order chi connectivity index (χ1) is 8.22. The highest BCUT2D eigenvalue weighted by molar-refractivity contribution is 5.90. The standard InChI is InChI=1S/C14H17NO2/c1-2-10-9-12(3-4-13(10)14(16)17)11-5-7-15-8-6-11/h3-5,9,15H,2,6-8H2,1H3,(H,16,17). The number of hydrogen-bond acceptors (Lipinski definition) is 2. The number of hydrogen-bond donors (Lipinski definition) is 2. The Balaban J connectivity index is 2.37. The second-order valence-corrected chi connectivity index (χ2v) is 4.21. The predicted octanol–water partition coefficient (Wildman–Crippen LogP) is 2.32. The van der Waals surface area contributed by atoms with E-state index >= 15 is 0 Å². The summed E-state index contributed by atoms with van der Waals surface area (Å²) in [5.41, 5.74) is 3.81. The molecule has 17 heavy (non-hydrogen) atoms. The molecule has 1 aromatic carbocycles. The third-order valence-corrected chi connectivity index (χ3v) is 3.15. The molecule has 0 unspecified atom stereocenters. The zero-order valence-corrected chi connectivity index (χ0v) is 9.99. The van der Waals surface area contributed by atoms with Crippen molar-refractivity contribution in [3.63, 3.8) is 0 Å². The molecular formula is C14H17NO2. The number of aryl methyl sites for hydroxylation is 1. The van der Waals surface area contributed by atoms with Gasteiger partial charge in [-0.2, -0.15) is 0 Å². The summed E-state index contributed by atoms with van der Waals surface area (Å²) in [6, 6.07) is 5.65. The molecule has 1 aromatic rings. The maximum Gasteiger partial charge on any atom is 0.335 e. The van der Waals surface area contributed by atoms with Gasteiger partial charge in [0.05, 0.1) is 5.56 Å². The largest absolute Gasteiger partial charge is 0.478 e. The summed E-state index contributed by atoms with van der Waals surface area (Å²) >= 11 is 0. The first-order valence-electron chi connectivity index (χ1n) is 5.98. The maximum atomic E-state index is 11.0. The summed E-state index contributed by atoms with van der Waals surface area (Å²) in [6.07, 6.45) is 3.94. The summed E-state index contributed by atoms with van der Waals surface area (Å²) in [5.74, 6) is -0.840. The fourth-order valence-corrected chi connectivity index (χ4v) is 2.18. The van der Waals surface area contributed by atoms with Crippen molar-refractivity contribution in [1.29, 1.82) is 0 Å².